The summed E-state index contributed by atoms with van der Waals surface area (Å²) < 4.78 is 0. The van der Waals surface area contributed by atoms with Crippen molar-refractivity contribution < 1.29 is 9.63 Å². The zero-order valence-corrected chi connectivity index (χ0v) is 13.6. The van der Waals surface area contributed by atoms with Gasteiger partial charge in [0.2, 0.25) is 0 Å². The lowest BCUT2D eigenvalue weighted by atomic mass is 10.1. The average molecular weight is 297 g/mol. The van der Waals surface area contributed by atoms with E-state index in [0.29, 0.717) is 0 Å². The van der Waals surface area contributed by atoms with Gasteiger partial charge in [-0.15, -0.1) is 23.1 Å². The second-order valence-electron chi connectivity index (χ2n) is 5.23. The molecule has 2 rings (SSSR count). The van der Waals surface area contributed by atoms with Crippen molar-refractivity contribution in [2.75, 3.05) is 0 Å². The van der Waals surface area contributed by atoms with Crippen molar-refractivity contribution >= 4 is 28.9 Å². The topological polar surface area (TPSA) is 38.3 Å². The molecule has 0 aromatic carbocycles. The lowest BCUT2D eigenvalue weighted by molar-refractivity contribution is -0.0126. The highest BCUT2D eigenvalue weighted by Crippen LogP contribution is 2.34. The molecule has 3 nitrogen and oxygen atoms in total. The predicted molar refractivity (Wildman–Crippen MR) is 81.5 cm³/mol. The van der Waals surface area contributed by atoms with E-state index in [1.165, 1.54) is 4.88 Å². The van der Waals surface area contributed by atoms with Crippen LogP contribution in [0.2, 0.25) is 0 Å². The van der Waals surface area contributed by atoms with Crippen LogP contribution in [-0.2, 0) is 10.6 Å². The minimum atomic E-state index is -0.259. The summed E-state index contributed by atoms with van der Waals surface area (Å²) in [6.45, 7) is 9.75. The largest absolute Gasteiger partial charge is 0.294 e. The number of hydrogen-bond acceptors (Lipinski definition) is 5. The Morgan fingerprint density at radius 2 is 2.11 bits per heavy atom. The Hall–Kier alpha value is -0.780. The van der Waals surface area contributed by atoms with Crippen LogP contribution < -0.4 is 5.48 Å². The molecule has 1 aromatic rings. The molecule has 0 fully saturated rings. The van der Waals surface area contributed by atoms with Crippen LogP contribution in [0, 0.1) is 13.8 Å². The molecule has 0 atom stereocenters. The van der Waals surface area contributed by atoms with E-state index in [1.807, 2.05) is 20.8 Å². The van der Waals surface area contributed by atoms with Crippen molar-refractivity contribution in [2.45, 2.75) is 46.0 Å². The first-order chi connectivity index (χ1) is 8.80. The summed E-state index contributed by atoms with van der Waals surface area (Å²) in [5.74, 6) is 0.950. The number of nitrogens with one attached hydrogen (secondary N) is 1. The fraction of sp³-hybridized carbons (Fsp3) is 0.500. The smallest absolute Gasteiger partial charge is 0.161 e. The van der Waals surface area contributed by atoms with Crippen LogP contribution in [0.4, 0.5) is 0 Å². The number of thiophene rings is 1. The monoisotopic (exact) mass is 297 g/mol. The summed E-state index contributed by atoms with van der Waals surface area (Å²) in [6.07, 6.45) is 2.07. The number of thioether (sulfide) groups is 1. The van der Waals surface area contributed by atoms with E-state index in [2.05, 4.69) is 18.5 Å². The number of carbonyl (C=O) groups excluding carboxylic acids is 1. The van der Waals surface area contributed by atoms with Gasteiger partial charge in [-0.25, -0.2) is 0 Å². The van der Waals surface area contributed by atoms with E-state index in [9.17, 15) is 4.79 Å². The van der Waals surface area contributed by atoms with Gasteiger partial charge in [0.05, 0.1) is 5.03 Å². The average Bonchev–Trinajstić information content (AvgIpc) is 2.75. The Labute approximate surface area is 122 Å². The normalized spacial score (nSPS) is 17.2. The third-order valence-electron chi connectivity index (χ3n) is 3.00. The molecule has 0 unspecified atom stereocenters. The van der Waals surface area contributed by atoms with Crippen molar-refractivity contribution in [3.63, 3.8) is 0 Å². The number of hydrogen-bond donors (Lipinski definition) is 1. The minimum absolute atomic E-state index is 0.155. The minimum Gasteiger partial charge on any atom is -0.294 e. The van der Waals surface area contributed by atoms with Crippen molar-refractivity contribution in [3.05, 3.63) is 32.0 Å². The van der Waals surface area contributed by atoms with E-state index in [4.69, 9.17) is 4.84 Å². The van der Waals surface area contributed by atoms with Crippen LogP contribution in [0.25, 0.3) is 0 Å². The van der Waals surface area contributed by atoms with Crippen LogP contribution in [0.15, 0.2) is 11.1 Å². The summed E-state index contributed by atoms with van der Waals surface area (Å²) in [6, 6.07) is 0. The molecule has 2 heterocycles. The zero-order chi connectivity index (χ0) is 14.2. The molecule has 0 saturated carbocycles. The van der Waals surface area contributed by atoms with Gasteiger partial charge in [-0.3, -0.25) is 15.1 Å². The Morgan fingerprint density at radius 3 is 2.63 bits per heavy atom. The first-order valence-electron chi connectivity index (χ1n) is 6.19. The zero-order valence-electron chi connectivity index (χ0n) is 11.9. The van der Waals surface area contributed by atoms with Crippen LogP contribution >= 0.6 is 23.1 Å². The molecule has 104 valence electrons. The van der Waals surface area contributed by atoms with Crippen molar-refractivity contribution in [1.82, 2.24) is 5.48 Å². The number of rotatable bonds is 4. The molecule has 0 amide bonds. The highest BCUT2D eigenvalue weighted by Gasteiger charge is 2.25. The molecule has 0 saturated heterocycles. The number of carbonyl (C=O) groups is 1. The van der Waals surface area contributed by atoms with Crippen molar-refractivity contribution in [2.24, 2.45) is 0 Å². The summed E-state index contributed by atoms with van der Waals surface area (Å²) in [5.41, 5.74) is 4.73. The molecule has 1 aromatic heterocycles. The fourth-order valence-corrected chi connectivity index (χ4v) is 4.49. The number of ketones is 1. The molecule has 0 aliphatic carbocycles. The maximum Gasteiger partial charge on any atom is 0.161 e. The van der Waals surface area contributed by atoms with Gasteiger partial charge in [-0.2, -0.15) is 0 Å². The second-order valence-corrected chi connectivity index (χ2v) is 7.68. The fourth-order valence-electron chi connectivity index (χ4n) is 2.14. The van der Waals surface area contributed by atoms with Crippen molar-refractivity contribution in [3.8, 4) is 0 Å². The Morgan fingerprint density at radius 1 is 1.42 bits per heavy atom. The molecule has 0 spiro atoms. The van der Waals surface area contributed by atoms with E-state index in [0.717, 1.165) is 26.8 Å². The van der Waals surface area contributed by atoms with Gasteiger partial charge in [0.1, 0.15) is 5.60 Å². The maximum atomic E-state index is 11.7. The van der Waals surface area contributed by atoms with Crippen molar-refractivity contribution in [1.29, 1.82) is 0 Å². The molecular weight excluding hydrogens is 278 g/mol. The van der Waals surface area contributed by atoms with Gasteiger partial charge in [-0.1, -0.05) is 0 Å². The van der Waals surface area contributed by atoms with Gasteiger partial charge in [-0.05, 0) is 46.3 Å². The maximum absolute atomic E-state index is 11.7. The molecule has 1 N–H and O–H groups in total. The lowest BCUT2D eigenvalue weighted by Crippen LogP contribution is -2.20. The number of hydroxylamine groups is 1. The quantitative estimate of drug-likeness (QED) is 0.854. The molecule has 0 radical (unpaired) electrons. The van der Waals surface area contributed by atoms with Gasteiger partial charge in [0.25, 0.3) is 0 Å². The van der Waals surface area contributed by atoms with Gasteiger partial charge in [0, 0.05) is 21.1 Å². The third kappa shape index (κ3) is 3.22. The van der Waals surface area contributed by atoms with Crippen LogP contribution in [-0.4, -0.2) is 11.4 Å². The lowest BCUT2D eigenvalue weighted by Gasteiger charge is -2.11. The Balaban J connectivity index is 2.15. The molecular formula is C14H19NO2S2. The Kier molecular flexibility index (Phi) is 4.08. The highest BCUT2D eigenvalue weighted by atomic mass is 32.2. The van der Waals surface area contributed by atoms with E-state index < -0.39 is 0 Å². The van der Waals surface area contributed by atoms with Gasteiger partial charge >= 0.3 is 0 Å². The SMILES string of the molecule is CC(=O)c1c(C)sc(C)c1CSC1=CC(C)(C)ON1. The summed E-state index contributed by atoms with van der Waals surface area (Å²) in [7, 11) is 0. The first kappa shape index (κ1) is 14.6. The second kappa shape index (κ2) is 5.31. The Bertz CT molecular complexity index is 544. The first-order valence-corrected chi connectivity index (χ1v) is 8.00. The summed E-state index contributed by atoms with van der Waals surface area (Å²) in [5, 5.41) is 1.02. The molecule has 19 heavy (non-hydrogen) atoms. The third-order valence-corrected chi connectivity index (χ3v) is 5.01. The molecule has 1 aliphatic heterocycles. The van der Waals surface area contributed by atoms with Gasteiger partial charge < -0.3 is 0 Å². The van der Waals surface area contributed by atoms with E-state index >= 15 is 0 Å². The predicted octanol–water partition coefficient (Wildman–Crippen LogP) is 3.96. The molecule has 5 heteroatoms. The van der Waals surface area contributed by atoms with Crippen LogP contribution in [0.5, 0.6) is 0 Å². The summed E-state index contributed by atoms with van der Waals surface area (Å²) >= 11 is 3.38. The van der Waals surface area contributed by atoms with Gasteiger partial charge in [0.15, 0.2) is 5.78 Å². The van der Waals surface area contributed by atoms with Crippen LogP contribution in [0.3, 0.4) is 0 Å². The van der Waals surface area contributed by atoms with E-state index in [-0.39, 0.29) is 11.4 Å². The standard InChI is InChI=1S/C14H19NO2S2/c1-8(16)13-10(3)19-9(2)11(13)7-18-12-6-14(4,5)17-15-12/h6,15H,7H2,1-5H3. The number of aryl methyl sites for hydroxylation is 2. The molecule has 1 aliphatic rings. The van der Waals surface area contributed by atoms with Crippen LogP contribution in [0.1, 0.15) is 46.4 Å². The molecule has 0 bridgehead atoms. The van der Waals surface area contributed by atoms with E-state index in [1.54, 1.807) is 30.0 Å². The highest BCUT2D eigenvalue weighted by molar-refractivity contribution is 8.02. The number of Topliss-reactive ketones (excluding diaryl/α,β-unsaturated/α-hetero) is 1. The summed E-state index contributed by atoms with van der Waals surface area (Å²) in [4.78, 5) is 19.5.